The molecule has 59 heavy (non-hydrogen) atoms. The van der Waals surface area contributed by atoms with Gasteiger partial charge in [0.25, 0.3) is 0 Å². The Hall–Kier alpha value is -6.90. The van der Waals surface area contributed by atoms with E-state index in [4.69, 9.17) is 0 Å². The first-order chi connectivity index (χ1) is 29.2. The number of anilines is 3. The maximum absolute atomic E-state index is 2.57. The van der Waals surface area contributed by atoms with Crippen LogP contribution in [0.2, 0.25) is 0 Å². The molecule has 0 radical (unpaired) electrons. The molecule has 6 aliphatic rings. The van der Waals surface area contributed by atoms with Crippen LogP contribution in [0.5, 0.6) is 0 Å². The Morgan fingerprint density at radius 1 is 0.593 bits per heavy atom. The van der Waals surface area contributed by atoms with E-state index in [1.54, 1.807) is 0 Å². The molecule has 1 aliphatic heterocycles. The van der Waals surface area contributed by atoms with Gasteiger partial charge in [-0.25, -0.2) is 0 Å². The minimum absolute atomic E-state index is 0.158. The van der Waals surface area contributed by atoms with Gasteiger partial charge < -0.3 is 9.80 Å². The van der Waals surface area contributed by atoms with E-state index in [1.165, 1.54) is 89.6 Å². The van der Waals surface area contributed by atoms with Crippen molar-refractivity contribution in [3.8, 4) is 11.1 Å². The number of hydrogen-bond donors (Lipinski definition) is 0. The summed E-state index contributed by atoms with van der Waals surface area (Å²) in [5.74, 6) is 0.292. The molecular weight excluding hydrogens is 713 g/mol. The zero-order valence-corrected chi connectivity index (χ0v) is 33.2. The largest absolute Gasteiger partial charge is 0.334 e. The Labute approximate surface area is 347 Å². The minimum Gasteiger partial charge on any atom is -0.334 e. The first-order valence-electron chi connectivity index (χ1n) is 21.2. The van der Waals surface area contributed by atoms with Gasteiger partial charge in [0.2, 0.25) is 0 Å². The summed E-state index contributed by atoms with van der Waals surface area (Å²) in [7, 11) is 0. The lowest BCUT2D eigenvalue weighted by molar-refractivity contribution is 0.704. The second-order valence-corrected chi connectivity index (χ2v) is 16.7. The van der Waals surface area contributed by atoms with E-state index in [-0.39, 0.29) is 17.5 Å². The average molecular weight is 757 g/mol. The molecule has 0 N–H and O–H groups in total. The van der Waals surface area contributed by atoms with Gasteiger partial charge in [-0.2, -0.15) is 0 Å². The lowest BCUT2D eigenvalue weighted by Crippen LogP contribution is -2.37. The summed E-state index contributed by atoms with van der Waals surface area (Å²) in [6.45, 7) is 2.32. The van der Waals surface area contributed by atoms with E-state index in [1.807, 2.05) is 0 Å². The van der Waals surface area contributed by atoms with E-state index in [0.29, 0.717) is 5.92 Å². The normalized spacial score (nSPS) is 21.3. The van der Waals surface area contributed by atoms with Crippen molar-refractivity contribution in [3.63, 3.8) is 0 Å². The predicted octanol–water partition coefficient (Wildman–Crippen LogP) is 13.6. The fraction of sp³-hybridized carbons (Fsp3) is 0.123. The molecule has 12 rings (SSSR count). The molecule has 1 heterocycles. The van der Waals surface area contributed by atoms with Gasteiger partial charge in [0.05, 0.1) is 17.5 Å². The molecule has 3 atom stereocenters. The highest BCUT2D eigenvalue weighted by Crippen LogP contribution is 2.64. The fourth-order valence-electron chi connectivity index (χ4n) is 11.3. The van der Waals surface area contributed by atoms with Crippen LogP contribution < -0.4 is 9.80 Å². The van der Waals surface area contributed by atoms with Gasteiger partial charge >= 0.3 is 0 Å². The minimum atomic E-state index is -0.357. The van der Waals surface area contributed by atoms with Gasteiger partial charge in [-0.3, -0.25) is 0 Å². The third-order valence-electron chi connectivity index (χ3n) is 13.7. The topological polar surface area (TPSA) is 6.48 Å². The number of allylic oxidation sites excluding steroid dienone is 9. The van der Waals surface area contributed by atoms with Crippen molar-refractivity contribution in [2.24, 2.45) is 0 Å². The molecule has 3 unspecified atom stereocenters. The third-order valence-corrected chi connectivity index (χ3v) is 13.7. The van der Waals surface area contributed by atoms with Crippen LogP contribution in [0.4, 0.5) is 17.1 Å². The molecule has 0 saturated heterocycles. The van der Waals surface area contributed by atoms with Gasteiger partial charge in [0.1, 0.15) is 0 Å². The summed E-state index contributed by atoms with van der Waals surface area (Å²) >= 11 is 0. The summed E-state index contributed by atoms with van der Waals surface area (Å²) in [5, 5.41) is 0. The standard InChI is InChI=1S/C57H44N2/c1-38-35-42(58(40-18-4-2-5-19-40)43-32-34-50-49-25-11-15-30-55(49)59(56(50)37-43)41-20-6-3-7-21-41)31-33-44(38)39-17-16-26-48-47-24-10-14-29-53(47)57(54(48)36-39)51-27-12-8-22-45(51)46-23-9-13-28-52(46)57/h2-15,17-30,32-37,42,50,56H,16,31H2,1H3. The van der Waals surface area contributed by atoms with Gasteiger partial charge in [-0.05, 0) is 135 Å². The van der Waals surface area contributed by atoms with E-state index in [0.717, 1.165) is 12.8 Å². The molecule has 2 nitrogen and oxygen atoms in total. The molecule has 282 valence electrons. The van der Waals surface area contributed by atoms with Crippen molar-refractivity contribution in [2.45, 2.75) is 43.2 Å². The van der Waals surface area contributed by atoms with Crippen LogP contribution in [0.1, 0.15) is 53.5 Å². The molecular formula is C57H44N2. The molecule has 0 bridgehead atoms. The van der Waals surface area contributed by atoms with Crippen molar-refractivity contribution in [3.05, 3.63) is 262 Å². The van der Waals surface area contributed by atoms with Crippen molar-refractivity contribution < 1.29 is 0 Å². The number of rotatable bonds is 5. The second kappa shape index (κ2) is 13.3. The molecule has 1 spiro atoms. The summed E-state index contributed by atoms with van der Waals surface area (Å²) in [5.41, 5.74) is 21.0. The summed E-state index contributed by atoms with van der Waals surface area (Å²) in [6.07, 6.45) is 21.7. The van der Waals surface area contributed by atoms with Gasteiger partial charge in [0.15, 0.2) is 0 Å². The molecule has 0 amide bonds. The third kappa shape index (κ3) is 4.99. The Bertz CT molecular complexity index is 2870. The smallest absolute Gasteiger partial charge is 0.0725 e. The summed E-state index contributed by atoms with van der Waals surface area (Å²) < 4.78 is 0. The Morgan fingerprint density at radius 3 is 1.95 bits per heavy atom. The van der Waals surface area contributed by atoms with Crippen molar-refractivity contribution in [2.75, 3.05) is 9.80 Å². The average Bonchev–Trinajstić information content (AvgIpc) is 3.80. The molecule has 0 saturated carbocycles. The lowest BCUT2D eigenvalue weighted by atomic mass is 9.69. The zero-order valence-electron chi connectivity index (χ0n) is 33.2. The molecule has 6 aromatic rings. The van der Waals surface area contributed by atoms with Gasteiger partial charge in [0, 0.05) is 28.7 Å². The first-order valence-corrected chi connectivity index (χ1v) is 21.2. The highest BCUT2D eigenvalue weighted by Gasteiger charge is 2.53. The Balaban J connectivity index is 0.937. The molecule has 0 fully saturated rings. The fourth-order valence-corrected chi connectivity index (χ4v) is 11.3. The van der Waals surface area contributed by atoms with Crippen LogP contribution in [0, 0.1) is 0 Å². The van der Waals surface area contributed by atoms with Crippen LogP contribution in [-0.2, 0) is 5.41 Å². The monoisotopic (exact) mass is 756 g/mol. The Morgan fingerprint density at radius 2 is 1.22 bits per heavy atom. The lowest BCUT2D eigenvalue weighted by Gasteiger charge is -2.38. The number of fused-ring (bicyclic) bond motifs is 13. The zero-order chi connectivity index (χ0) is 39.1. The second-order valence-electron chi connectivity index (χ2n) is 16.7. The van der Waals surface area contributed by atoms with Crippen LogP contribution in [0.25, 0.3) is 16.7 Å². The summed E-state index contributed by atoms with van der Waals surface area (Å²) in [6, 6.07) is 58.5. The van der Waals surface area contributed by atoms with Crippen LogP contribution in [0.15, 0.2) is 234 Å². The van der Waals surface area contributed by atoms with Crippen molar-refractivity contribution >= 4 is 22.6 Å². The van der Waals surface area contributed by atoms with Gasteiger partial charge in [-0.15, -0.1) is 0 Å². The van der Waals surface area contributed by atoms with E-state index in [2.05, 4.69) is 223 Å². The van der Waals surface area contributed by atoms with E-state index >= 15 is 0 Å². The molecule has 6 aromatic carbocycles. The number of nitrogens with zero attached hydrogens (tertiary/aromatic N) is 2. The van der Waals surface area contributed by atoms with Crippen molar-refractivity contribution in [1.82, 2.24) is 0 Å². The first kappa shape index (κ1) is 34.2. The Kier molecular flexibility index (Phi) is 7.72. The van der Waals surface area contributed by atoms with Crippen LogP contribution in [0.3, 0.4) is 0 Å². The SMILES string of the molecule is CC1=CC(N(C2=CC3C(C=C2)c2ccccc2N3c2ccccc2)c2ccccc2)CC=C1C1=CCC=C2C(=C1)C1(c3ccccc32)c2ccccc2-c2ccccc21. The highest BCUT2D eigenvalue weighted by molar-refractivity contribution is 6.00. The summed E-state index contributed by atoms with van der Waals surface area (Å²) in [4.78, 5) is 5.11. The maximum Gasteiger partial charge on any atom is 0.0725 e. The van der Waals surface area contributed by atoms with Crippen LogP contribution in [-0.4, -0.2) is 12.1 Å². The van der Waals surface area contributed by atoms with Gasteiger partial charge in [-0.1, -0.05) is 158 Å². The number of para-hydroxylation sites is 3. The van der Waals surface area contributed by atoms with E-state index in [9.17, 15) is 0 Å². The molecule has 2 heteroatoms. The predicted molar refractivity (Wildman–Crippen MR) is 245 cm³/mol. The molecule has 0 aromatic heterocycles. The number of benzene rings is 6. The number of hydrogen-bond acceptors (Lipinski definition) is 2. The van der Waals surface area contributed by atoms with Crippen molar-refractivity contribution in [1.29, 1.82) is 0 Å². The highest BCUT2D eigenvalue weighted by atomic mass is 15.2. The molecule has 5 aliphatic carbocycles. The van der Waals surface area contributed by atoms with Crippen LogP contribution >= 0.6 is 0 Å². The quantitative estimate of drug-likeness (QED) is 0.173. The maximum atomic E-state index is 2.57. The van der Waals surface area contributed by atoms with E-state index < -0.39 is 0 Å².